The van der Waals surface area contributed by atoms with Crippen LogP contribution in [0.15, 0.2) is 66.9 Å². The molecule has 0 aliphatic carbocycles. The standard InChI is InChI=1S/C19H15NO2/c21-19-9-8-18-17-7-6-16(12-15(17)10-11-20(18)19)22-13-14-4-2-1-3-5-14/h1-12,18H,13H2. The van der Waals surface area contributed by atoms with Gasteiger partial charge in [-0.25, -0.2) is 0 Å². The third kappa shape index (κ3) is 2.21. The van der Waals surface area contributed by atoms with Gasteiger partial charge < -0.3 is 9.64 Å². The second-order valence-electron chi connectivity index (χ2n) is 5.43. The largest absolute Gasteiger partial charge is 0.489 e. The van der Waals surface area contributed by atoms with Crippen LogP contribution in [0.2, 0.25) is 0 Å². The van der Waals surface area contributed by atoms with Crippen molar-refractivity contribution in [2.45, 2.75) is 12.6 Å². The number of rotatable bonds is 3. The fraction of sp³-hybridized carbons (Fsp3) is 0.105. The second kappa shape index (κ2) is 5.19. The Labute approximate surface area is 129 Å². The van der Waals surface area contributed by atoms with Crippen molar-refractivity contribution in [1.29, 1.82) is 0 Å². The van der Waals surface area contributed by atoms with Crippen molar-refractivity contribution < 1.29 is 9.53 Å². The third-order valence-electron chi connectivity index (χ3n) is 4.02. The molecule has 3 nitrogen and oxygen atoms in total. The molecule has 2 aromatic rings. The van der Waals surface area contributed by atoms with Gasteiger partial charge in [0, 0.05) is 12.3 Å². The first-order valence-corrected chi connectivity index (χ1v) is 7.31. The minimum absolute atomic E-state index is 0.0238. The number of benzene rings is 2. The Balaban J connectivity index is 1.55. The SMILES string of the molecule is O=C1C=CC2c3ccc(OCc4ccccc4)cc3C=CN12. The second-order valence-corrected chi connectivity index (χ2v) is 5.43. The summed E-state index contributed by atoms with van der Waals surface area (Å²) in [6.45, 7) is 0.553. The Morgan fingerprint density at radius 2 is 1.91 bits per heavy atom. The lowest BCUT2D eigenvalue weighted by Gasteiger charge is -2.27. The Bertz CT molecular complexity index is 777. The summed E-state index contributed by atoms with van der Waals surface area (Å²) >= 11 is 0. The molecule has 3 heteroatoms. The summed E-state index contributed by atoms with van der Waals surface area (Å²) in [6.07, 6.45) is 7.38. The first-order valence-electron chi connectivity index (χ1n) is 7.31. The zero-order chi connectivity index (χ0) is 14.9. The molecule has 0 fully saturated rings. The number of ether oxygens (including phenoxy) is 1. The van der Waals surface area contributed by atoms with Crippen molar-refractivity contribution in [3.8, 4) is 5.75 Å². The van der Waals surface area contributed by atoms with Gasteiger partial charge in [0.1, 0.15) is 12.4 Å². The van der Waals surface area contributed by atoms with Crippen LogP contribution in [0.5, 0.6) is 5.75 Å². The highest BCUT2D eigenvalue weighted by Gasteiger charge is 2.29. The van der Waals surface area contributed by atoms with E-state index < -0.39 is 0 Å². The van der Waals surface area contributed by atoms with E-state index in [1.165, 1.54) is 0 Å². The summed E-state index contributed by atoms with van der Waals surface area (Å²) in [5.41, 5.74) is 3.38. The molecule has 0 bridgehead atoms. The van der Waals surface area contributed by atoms with Crippen molar-refractivity contribution in [3.63, 3.8) is 0 Å². The van der Waals surface area contributed by atoms with E-state index in [-0.39, 0.29) is 11.9 Å². The van der Waals surface area contributed by atoms with Gasteiger partial charge in [-0.3, -0.25) is 4.79 Å². The molecule has 1 amide bonds. The van der Waals surface area contributed by atoms with E-state index in [1.54, 1.807) is 11.0 Å². The molecule has 4 rings (SSSR count). The minimum Gasteiger partial charge on any atom is -0.489 e. The average molecular weight is 289 g/mol. The van der Waals surface area contributed by atoms with Gasteiger partial charge in [0.05, 0.1) is 6.04 Å². The molecule has 1 unspecified atom stereocenters. The normalized spacial score (nSPS) is 18.3. The molecule has 0 N–H and O–H groups in total. The maximum Gasteiger partial charge on any atom is 0.251 e. The quantitative estimate of drug-likeness (QED) is 0.862. The number of carbonyl (C=O) groups is 1. The van der Waals surface area contributed by atoms with Crippen LogP contribution in [0, 0.1) is 0 Å². The van der Waals surface area contributed by atoms with Crippen molar-refractivity contribution >= 4 is 12.0 Å². The van der Waals surface area contributed by atoms with Crippen LogP contribution in [0.4, 0.5) is 0 Å². The molecular weight excluding hydrogens is 274 g/mol. The van der Waals surface area contributed by atoms with E-state index in [4.69, 9.17) is 4.74 Å². The number of hydrogen-bond donors (Lipinski definition) is 0. The van der Waals surface area contributed by atoms with Crippen LogP contribution in [0.25, 0.3) is 6.08 Å². The molecule has 2 aromatic carbocycles. The van der Waals surface area contributed by atoms with Crippen LogP contribution in [0.1, 0.15) is 22.7 Å². The van der Waals surface area contributed by atoms with Gasteiger partial charge in [-0.1, -0.05) is 42.5 Å². The molecule has 2 heterocycles. The van der Waals surface area contributed by atoms with Crippen molar-refractivity contribution in [1.82, 2.24) is 4.90 Å². The molecule has 2 aliphatic heterocycles. The molecule has 0 radical (unpaired) electrons. The first kappa shape index (κ1) is 12.9. The fourth-order valence-electron chi connectivity index (χ4n) is 2.87. The number of amides is 1. The maximum atomic E-state index is 11.7. The number of carbonyl (C=O) groups excluding carboxylic acids is 1. The smallest absolute Gasteiger partial charge is 0.251 e. The van der Waals surface area contributed by atoms with E-state index >= 15 is 0 Å². The van der Waals surface area contributed by atoms with Gasteiger partial charge >= 0.3 is 0 Å². The maximum absolute atomic E-state index is 11.7. The van der Waals surface area contributed by atoms with Gasteiger partial charge in [-0.15, -0.1) is 0 Å². The summed E-state index contributed by atoms with van der Waals surface area (Å²) in [5, 5.41) is 0. The van der Waals surface area contributed by atoms with E-state index in [0.717, 1.165) is 22.4 Å². The lowest BCUT2D eigenvalue weighted by atomic mass is 9.97. The molecule has 2 aliphatic rings. The topological polar surface area (TPSA) is 29.5 Å². The molecule has 0 spiro atoms. The van der Waals surface area contributed by atoms with Gasteiger partial charge in [-0.05, 0) is 34.9 Å². The van der Waals surface area contributed by atoms with Crippen LogP contribution >= 0.6 is 0 Å². The average Bonchev–Trinajstić information content (AvgIpc) is 2.95. The van der Waals surface area contributed by atoms with Gasteiger partial charge in [0.2, 0.25) is 0 Å². The highest BCUT2D eigenvalue weighted by Crippen LogP contribution is 2.36. The van der Waals surface area contributed by atoms with Crippen molar-refractivity contribution in [2.75, 3.05) is 0 Å². The lowest BCUT2D eigenvalue weighted by molar-refractivity contribution is -0.123. The zero-order valence-electron chi connectivity index (χ0n) is 12.0. The summed E-state index contributed by atoms with van der Waals surface area (Å²) < 4.78 is 5.86. The third-order valence-corrected chi connectivity index (χ3v) is 4.02. The molecule has 0 aromatic heterocycles. The Kier molecular flexibility index (Phi) is 3.04. The van der Waals surface area contributed by atoms with Gasteiger partial charge in [-0.2, -0.15) is 0 Å². The highest BCUT2D eigenvalue weighted by atomic mass is 16.5. The Hall–Kier alpha value is -2.81. The monoisotopic (exact) mass is 289 g/mol. The van der Waals surface area contributed by atoms with E-state index in [9.17, 15) is 4.79 Å². The summed E-state index contributed by atoms with van der Waals surface area (Å²) in [5.74, 6) is 0.880. The Morgan fingerprint density at radius 1 is 1.05 bits per heavy atom. The van der Waals surface area contributed by atoms with Crippen LogP contribution in [-0.2, 0) is 11.4 Å². The van der Waals surface area contributed by atoms with Crippen molar-refractivity contribution in [2.24, 2.45) is 0 Å². The summed E-state index contributed by atoms with van der Waals surface area (Å²) in [4.78, 5) is 13.5. The number of hydrogen-bond acceptors (Lipinski definition) is 2. The molecule has 0 saturated carbocycles. The molecule has 1 atom stereocenters. The van der Waals surface area contributed by atoms with E-state index in [2.05, 4.69) is 0 Å². The van der Waals surface area contributed by atoms with Crippen molar-refractivity contribution in [3.05, 3.63) is 83.6 Å². The number of nitrogens with zero attached hydrogens (tertiary/aromatic N) is 1. The molecule has 108 valence electrons. The predicted molar refractivity (Wildman–Crippen MR) is 85.0 cm³/mol. The van der Waals surface area contributed by atoms with E-state index in [0.29, 0.717) is 6.61 Å². The zero-order valence-corrected chi connectivity index (χ0v) is 12.0. The summed E-state index contributed by atoms with van der Waals surface area (Å²) in [7, 11) is 0. The summed E-state index contributed by atoms with van der Waals surface area (Å²) in [6, 6.07) is 16.2. The van der Waals surface area contributed by atoms with E-state index in [1.807, 2.05) is 66.9 Å². The van der Waals surface area contributed by atoms with Crippen LogP contribution < -0.4 is 4.74 Å². The van der Waals surface area contributed by atoms with Gasteiger partial charge in [0.15, 0.2) is 0 Å². The van der Waals surface area contributed by atoms with Crippen LogP contribution in [0.3, 0.4) is 0 Å². The fourth-order valence-corrected chi connectivity index (χ4v) is 2.87. The molecule has 22 heavy (non-hydrogen) atoms. The predicted octanol–water partition coefficient (Wildman–Crippen LogP) is 3.69. The Morgan fingerprint density at radius 3 is 2.77 bits per heavy atom. The lowest BCUT2D eigenvalue weighted by Crippen LogP contribution is -2.25. The molecular formula is C19H15NO2. The number of fused-ring (bicyclic) bond motifs is 3. The van der Waals surface area contributed by atoms with Gasteiger partial charge in [0.25, 0.3) is 5.91 Å². The van der Waals surface area contributed by atoms with Crippen LogP contribution in [-0.4, -0.2) is 10.8 Å². The minimum atomic E-state index is 0.0238. The molecule has 0 saturated heterocycles. The first-order chi connectivity index (χ1) is 10.8. The highest BCUT2D eigenvalue weighted by molar-refractivity contribution is 5.93.